The number of alkyl halides is 3. The minimum atomic E-state index is -4.68. The second-order valence-corrected chi connectivity index (χ2v) is 5.96. The molecule has 0 spiro atoms. The van der Waals surface area contributed by atoms with E-state index < -0.39 is 55.3 Å². The predicted molar refractivity (Wildman–Crippen MR) is 82.5 cm³/mol. The molecule has 0 unspecified atom stereocenters. The van der Waals surface area contributed by atoms with Gasteiger partial charge in [0.2, 0.25) is 0 Å². The third-order valence-corrected chi connectivity index (χ3v) is 4.04. The average molecular weight is 393 g/mol. The van der Waals surface area contributed by atoms with Gasteiger partial charge in [0.05, 0.1) is 12.7 Å². The molecule has 1 aliphatic rings. The highest BCUT2D eigenvalue weighted by molar-refractivity contribution is 5.94. The normalized spacial score (nSPS) is 19.9. The summed E-state index contributed by atoms with van der Waals surface area (Å²) in [5, 5.41) is 55.0. The molecule has 0 saturated carbocycles. The Morgan fingerprint density at radius 1 is 1.04 bits per heavy atom. The monoisotopic (exact) mass is 393 g/mol. The molecular formula is C15H18F3N3O6. The lowest BCUT2D eigenvalue weighted by Crippen LogP contribution is -2.49. The van der Waals surface area contributed by atoms with Crippen LogP contribution in [0.1, 0.15) is 15.9 Å². The van der Waals surface area contributed by atoms with Crippen LogP contribution in [0, 0.1) is 0 Å². The van der Waals surface area contributed by atoms with Crippen LogP contribution in [0.5, 0.6) is 0 Å². The molecule has 0 radical (unpaired) electrons. The number of nitrogens with zero attached hydrogens (tertiary/aromatic N) is 2. The lowest BCUT2D eigenvalue weighted by atomic mass is 10.0. The molecule has 1 aliphatic heterocycles. The highest BCUT2D eigenvalue weighted by Gasteiger charge is 2.65. The standard InChI is InChI=1S/C15H18F3N3O6/c16-15(17,18)14(20-21-14)8-3-1-7(2-4-8)13(27)19-5-9(23)11(25)12(26)10(24)6-22/h1-4,9-12,22-26H,5-6H2,(H,19,27)/t9-,10-,11-,12-/m1/s1. The van der Waals surface area contributed by atoms with Gasteiger partial charge in [-0.05, 0) is 12.1 Å². The molecule has 27 heavy (non-hydrogen) atoms. The van der Waals surface area contributed by atoms with Gasteiger partial charge in [0.1, 0.15) is 18.3 Å². The number of hydrogen-bond donors (Lipinski definition) is 6. The van der Waals surface area contributed by atoms with Crippen molar-refractivity contribution in [1.82, 2.24) is 5.32 Å². The number of amides is 1. The maximum absolute atomic E-state index is 12.9. The van der Waals surface area contributed by atoms with Gasteiger partial charge in [-0.3, -0.25) is 4.79 Å². The molecule has 0 aliphatic carbocycles. The Morgan fingerprint density at radius 2 is 1.56 bits per heavy atom. The fraction of sp³-hybridized carbons (Fsp3) is 0.533. The summed E-state index contributed by atoms with van der Waals surface area (Å²) in [6, 6.07) is 4.34. The third-order valence-electron chi connectivity index (χ3n) is 4.04. The van der Waals surface area contributed by atoms with E-state index in [0.29, 0.717) is 0 Å². The number of carbonyl (C=O) groups excluding carboxylic acids is 1. The van der Waals surface area contributed by atoms with E-state index in [1.54, 1.807) is 0 Å². The zero-order chi connectivity index (χ0) is 20.4. The largest absolute Gasteiger partial charge is 0.442 e. The molecule has 1 aromatic carbocycles. The van der Waals surface area contributed by atoms with Crippen LogP contribution in [0.4, 0.5) is 13.2 Å². The molecule has 4 atom stereocenters. The Kier molecular flexibility index (Phi) is 6.17. The first-order valence-corrected chi connectivity index (χ1v) is 7.76. The molecule has 0 bridgehead atoms. The summed E-state index contributed by atoms with van der Waals surface area (Å²) in [5.74, 6) is -0.754. The van der Waals surface area contributed by atoms with Gasteiger partial charge >= 0.3 is 11.8 Å². The van der Waals surface area contributed by atoms with E-state index in [2.05, 4.69) is 15.5 Å². The Morgan fingerprint density at radius 3 is 2.00 bits per heavy atom. The van der Waals surface area contributed by atoms with E-state index in [9.17, 15) is 38.4 Å². The number of aliphatic hydroxyl groups excluding tert-OH is 5. The first-order chi connectivity index (χ1) is 12.5. The molecule has 1 aromatic rings. The third kappa shape index (κ3) is 4.42. The molecule has 150 valence electrons. The van der Waals surface area contributed by atoms with Crippen molar-refractivity contribution < 1.29 is 43.5 Å². The molecule has 1 heterocycles. The van der Waals surface area contributed by atoms with E-state index in [1.165, 1.54) is 0 Å². The minimum Gasteiger partial charge on any atom is -0.394 e. The summed E-state index contributed by atoms with van der Waals surface area (Å²) in [6.45, 7) is -1.37. The zero-order valence-electron chi connectivity index (χ0n) is 13.7. The van der Waals surface area contributed by atoms with Gasteiger partial charge in [0.15, 0.2) is 0 Å². The molecule has 0 aromatic heterocycles. The molecule has 9 nitrogen and oxygen atoms in total. The number of halogens is 3. The van der Waals surface area contributed by atoms with Gasteiger partial charge < -0.3 is 30.8 Å². The van der Waals surface area contributed by atoms with Crippen LogP contribution in [-0.4, -0.2) is 75.2 Å². The second kappa shape index (κ2) is 7.86. The zero-order valence-corrected chi connectivity index (χ0v) is 13.7. The molecule has 12 heteroatoms. The number of benzene rings is 1. The van der Waals surface area contributed by atoms with Crippen LogP contribution in [-0.2, 0) is 5.66 Å². The van der Waals surface area contributed by atoms with Crippen LogP contribution < -0.4 is 5.32 Å². The van der Waals surface area contributed by atoms with Gasteiger partial charge in [0.25, 0.3) is 5.91 Å². The van der Waals surface area contributed by atoms with Gasteiger partial charge in [-0.25, -0.2) is 0 Å². The number of aliphatic hydroxyl groups is 5. The lowest BCUT2D eigenvalue weighted by molar-refractivity contribution is -0.166. The summed E-state index contributed by atoms with van der Waals surface area (Å²) < 4.78 is 38.7. The molecule has 0 saturated heterocycles. The number of carbonyl (C=O) groups is 1. The maximum atomic E-state index is 12.9. The van der Waals surface area contributed by atoms with Crippen molar-refractivity contribution in [3.05, 3.63) is 35.4 Å². The Balaban J connectivity index is 1.93. The van der Waals surface area contributed by atoms with Crippen molar-refractivity contribution in [1.29, 1.82) is 0 Å². The average Bonchev–Trinajstić information content (AvgIpc) is 3.46. The van der Waals surface area contributed by atoms with Gasteiger partial charge in [-0.1, -0.05) is 12.1 Å². The minimum absolute atomic E-state index is 0.0191. The Labute approximate surface area is 150 Å². The molecule has 0 fully saturated rings. The SMILES string of the molecule is O=C(NC[C@@H](O)[C@@H](O)[C@H](O)[C@H](O)CO)c1ccc(C2(C(F)(F)F)N=N2)cc1. The van der Waals surface area contributed by atoms with Crippen molar-refractivity contribution in [2.45, 2.75) is 36.3 Å². The van der Waals surface area contributed by atoms with Crippen molar-refractivity contribution >= 4 is 5.91 Å². The Bertz CT molecular complexity index is 691. The highest BCUT2D eigenvalue weighted by Crippen LogP contribution is 2.52. The van der Waals surface area contributed by atoms with Crippen LogP contribution >= 0.6 is 0 Å². The summed E-state index contributed by atoms with van der Waals surface area (Å²) >= 11 is 0. The lowest BCUT2D eigenvalue weighted by Gasteiger charge is -2.25. The fourth-order valence-electron chi connectivity index (χ4n) is 2.28. The summed E-state index contributed by atoms with van der Waals surface area (Å²) in [5.41, 5.74) is -2.86. The highest BCUT2D eigenvalue weighted by atomic mass is 19.4. The van der Waals surface area contributed by atoms with E-state index in [0.717, 1.165) is 24.3 Å². The first-order valence-electron chi connectivity index (χ1n) is 7.76. The topological polar surface area (TPSA) is 155 Å². The van der Waals surface area contributed by atoms with Gasteiger partial charge in [-0.2, -0.15) is 13.2 Å². The molecule has 1 amide bonds. The van der Waals surface area contributed by atoms with Crippen molar-refractivity contribution in [3.8, 4) is 0 Å². The van der Waals surface area contributed by atoms with Crippen molar-refractivity contribution in [3.63, 3.8) is 0 Å². The van der Waals surface area contributed by atoms with Crippen LogP contribution in [0.15, 0.2) is 34.5 Å². The van der Waals surface area contributed by atoms with Gasteiger partial charge in [0, 0.05) is 17.7 Å². The summed E-state index contributed by atoms with van der Waals surface area (Å²) in [7, 11) is 0. The first kappa shape index (κ1) is 21.2. The number of hydrogen-bond acceptors (Lipinski definition) is 8. The number of rotatable bonds is 8. The predicted octanol–water partition coefficient (Wildman–Crippen LogP) is -0.967. The summed E-state index contributed by atoms with van der Waals surface area (Å²) in [4.78, 5) is 12.0. The van der Waals surface area contributed by atoms with E-state index in [4.69, 9.17) is 5.11 Å². The smallest absolute Gasteiger partial charge is 0.394 e. The van der Waals surface area contributed by atoms with Gasteiger partial charge in [-0.15, -0.1) is 10.2 Å². The number of nitrogens with one attached hydrogen (secondary N) is 1. The maximum Gasteiger partial charge on any atom is 0.442 e. The van der Waals surface area contributed by atoms with Crippen LogP contribution in [0.3, 0.4) is 0 Å². The van der Waals surface area contributed by atoms with E-state index in [1.807, 2.05) is 0 Å². The fourth-order valence-corrected chi connectivity index (χ4v) is 2.28. The van der Waals surface area contributed by atoms with Crippen LogP contribution in [0.2, 0.25) is 0 Å². The molecule has 6 N–H and O–H groups in total. The van der Waals surface area contributed by atoms with Crippen LogP contribution in [0.25, 0.3) is 0 Å². The van der Waals surface area contributed by atoms with Crippen molar-refractivity contribution in [2.24, 2.45) is 10.2 Å². The van der Waals surface area contributed by atoms with Crippen molar-refractivity contribution in [2.75, 3.05) is 13.2 Å². The quantitative estimate of drug-likeness (QED) is 0.334. The van der Waals surface area contributed by atoms with E-state index >= 15 is 0 Å². The van der Waals surface area contributed by atoms with E-state index in [-0.39, 0.29) is 11.1 Å². The molecule has 2 rings (SSSR count). The summed E-state index contributed by atoms with van der Waals surface area (Å²) in [6.07, 6.45) is -11.7. The Hall–Kier alpha value is -2.12. The second-order valence-electron chi connectivity index (χ2n) is 5.96. The molecular weight excluding hydrogens is 375 g/mol.